The Morgan fingerprint density at radius 1 is 1.14 bits per heavy atom. The number of aromatic hydroxyl groups is 3. The molecule has 0 fully saturated rings. The van der Waals surface area contributed by atoms with E-state index in [4.69, 9.17) is 5.11 Å². The average Bonchev–Trinajstić information content (AvgIpc) is 2.14. The highest BCUT2D eigenvalue weighted by Gasteiger charge is 2.17. The fourth-order valence-electron chi connectivity index (χ4n) is 1.33. The molecule has 5 heteroatoms. The van der Waals surface area contributed by atoms with Gasteiger partial charge in [0.2, 0.25) is 5.75 Å². The third-order valence-corrected chi connectivity index (χ3v) is 1.98. The molecule has 72 valence electrons. The van der Waals surface area contributed by atoms with Crippen molar-refractivity contribution in [2.45, 2.75) is 0 Å². The highest BCUT2D eigenvalue weighted by atomic mass is 16.5. The number of nitrogens with zero attached hydrogens (tertiary/aromatic N) is 1. The molecule has 3 N–H and O–H groups in total. The number of phenols is 3. The second-order valence-electron chi connectivity index (χ2n) is 2.86. The maximum atomic E-state index is 11.2. The molecule has 1 heterocycles. The Bertz CT molecular complexity index is 510. The first-order valence-corrected chi connectivity index (χ1v) is 3.87. The first-order valence-electron chi connectivity index (χ1n) is 3.87. The van der Waals surface area contributed by atoms with E-state index < -0.39 is 11.5 Å². The van der Waals surface area contributed by atoms with E-state index in [1.165, 1.54) is 18.3 Å². The van der Waals surface area contributed by atoms with Crippen LogP contribution in [-0.4, -0.2) is 15.3 Å². The second-order valence-corrected chi connectivity index (χ2v) is 2.86. The van der Waals surface area contributed by atoms with Crippen LogP contribution in [0.2, 0.25) is 0 Å². The molecule has 1 aromatic carbocycles. The van der Waals surface area contributed by atoms with Gasteiger partial charge in [0.05, 0.1) is 5.39 Å². The van der Waals surface area contributed by atoms with Crippen molar-refractivity contribution < 1.29 is 20.0 Å². The Labute approximate surface area is 78.7 Å². The Hall–Kier alpha value is -2.17. The van der Waals surface area contributed by atoms with Crippen LogP contribution < -0.4 is 4.73 Å². The van der Waals surface area contributed by atoms with E-state index in [-0.39, 0.29) is 16.7 Å². The van der Waals surface area contributed by atoms with E-state index >= 15 is 0 Å². The van der Waals surface area contributed by atoms with Crippen LogP contribution in [0.3, 0.4) is 0 Å². The normalized spacial score (nSPS) is 10.6. The van der Waals surface area contributed by atoms with Crippen molar-refractivity contribution in [3.63, 3.8) is 0 Å². The summed E-state index contributed by atoms with van der Waals surface area (Å²) in [4.78, 5) is 0. The fraction of sp³-hybridized carbons (Fsp3) is 0. The summed E-state index contributed by atoms with van der Waals surface area (Å²) in [5.41, 5.74) is -0.148. The van der Waals surface area contributed by atoms with Gasteiger partial charge in [-0.25, -0.2) is 0 Å². The number of hydrogen-bond acceptors (Lipinski definition) is 4. The van der Waals surface area contributed by atoms with Gasteiger partial charge < -0.3 is 20.5 Å². The van der Waals surface area contributed by atoms with E-state index in [9.17, 15) is 15.4 Å². The minimum absolute atomic E-state index is 0.148. The number of benzene rings is 1. The lowest BCUT2D eigenvalue weighted by Crippen LogP contribution is -2.25. The number of phenolic OH excluding ortho intramolecular Hbond substituents is 3. The Morgan fingerprint density at radius 3 is 2.57 bits per heavy atom. The van der Waals surface area contributed by atoms with Crippen LogP contribution in [-0.2, 0) is 0 Å². The molecule has 0 unspecified atom stereocenters. The molecule has 2 aromatic rings. The van der Waals surface area contributed by atoms with Crippen LogP contribution >= 0.6 is 0 Å². The lowest BCUT2D eigenvalue weighted by atomic mass is 10.1. The number of pyridine rings is 1. The first-order chi connectivity index (χ1) is 6.61. The van der Waals surface area contributed by atoms with Gasteiger partial charge in [0.15, 0.2) is 11.9 Å². The summed E-state index contributed by atoms with van der Waals surface area (Å²) in [6, 6.07) is 3.89. The molecule has 0 bridgehead atoms. The standard InChI is InChI=1S/C9H7NO4/c11-6-4-7(12)9(13)8-5(6)2-1-3-10(8)14/h1-4,11-13H. The Morgan fingerprint density at radius 2 is 1.86 bits per heavy atom. The third kappa shape index (κ3) is 0.990. The van der Waals surface area contributed by atoms with E-state index in [1.807, 2.05) is 0 Å². The SMILES string of the molecule is [O-][n+]1cccc2c(O)cc(O)c(O)c21. The molecule has 0 aliphatic carbocycles. The highest BCUT2D eigenvalue weighted by Crippen LogP contribution is 2.36. The molecule has 0 atom stereocenters. The molecular formula is C9H7NO4. The molecule has 14 heavy (non-hydrogen) atoms. The van der Waals surface area contributed by atoms with E-state index in [1.54, 1.807) is 0 Å². The predicted molar refractivity (Wildman–Crippen MR) is 47.9 cm³/mol. The lowest BCUT2D eigenvalue weighted by Gasteiger charge is -2.05. The predicted octanol–water partition coefficient (Wildman–Crippen LogP) is 0.590. The molecule has 0 radical (unpaired) electrons. The van der Waals surface area contributed by atoms with E-state index in [0.29, 0.717) is 4.73 Å². The summed E-state index contributed by atoms with van der Waals surface area (Å²) in [7, 11) is 0. The zero-order chi connectivity index (χ0) is 10.3. The van der Waals surface area contributed by atoms with Crippen LogP contribution in [0, 0.1) is 5.21 Å². The molecular weight excluding hydrogens is 186 g/mol. The maximum Gasteiger partial charge on any atom is 0.273 e. The van der Waals surface area contributed by atoms with Crippen LogP contribution in [0.25, 0.3) is 10.9 Å². The van der Waals surface area contributed by atoms with Crippen LogP contribution in [0.1, 0.15) is 0 Å². The third-order valence-electron chi connectivity index (χ3n) is 1.98. The summed E-state index contributed by atoms with van der Waals surface area (Å²) >= 11 is 0. The topological polar surface area (TPSA) is 87.6 Å². The van der Waals surface area contributed by atoms with Crippen molar-refractivity contribution in [1.29, 1.82) is 0 Å². The summed E-state index contributed by atoms with van der Waals surface area (Å²) in [5, 5.41) is 39.4. The highest BCUT2D eigenvalue weighted by molar-refractivity contribution is 5.89. The number of fused-ring (bicyclic) bond motifs is 1. The number of rotatable bonds is 0. The second kappa shape index (κ2) is 2.66. The minimum Gasteiger partial charge on any atom is -0.618 e. The average molecular weight is 193 g/mol. The lowest BCUT2D eigenvalue weighted by molar-refractivity contribution is -0.577. The number of aromatic nitrogens is 1. The maximum absolute atomic E-state index is 11.2. The van der Waals surface area contributed by atoms with Gasteiger partial charge >= 0.3 is 0 Å². The van der Waals surface area contributed by atoms with Gasteiger partial charge in [0.25, 0.3) is 5.52 Å². The quantitative estimate of drug-likeness (QED) is 0.247. The Kier molecular flexibility index (Phi) is 1.60. The van der Waals surface area contributed by atoms with Crippen molar-refractivity contribution in [1.82, 2.24) is 0 Å². The van der Waals surface area contributed by atoms with Crippen molar-refractivity contribution in [3.8, 4) is 17.2 Å². The molecule has 0 saturated heterocycles. The molecule has 5 nitrogen and oxygen atoms in total. The molecule has 0 aliphatic rings. The molecule has 0 aliphatic heterocycles. The van der Waals surface area contributed by atoms with Crippen LogP contribution in [0.4, 0.5) is 0 Å². The van der Waals surface area contributed by atoms with Gasteiger partial charge in [0, 0.05) is 12.1 Å². The zero-order valence-corrected chi connectivity index (χ0v) is 7.01. The monoisotopic (exact) mass is 193 g/mol. The van der Waals surface area contributed by atoms with E-state index in [2.05, 4.69) is 0 Å². The molecule has 0 amide bonds. The minimum atomic E-state index is -0.534. The van der Waals surface area contributed by atoms with Gasteiger partial charge in [0.1, 0.15) is 5.75 Å². The molecule has 0 spiro atoms. The number of hydrogen-bond donors (Lipinski definition) is 3. The van der Waals surface area contributed by atoms with Gasteiger partial charge in [-0.15, -0.1) is 0 Å². The fourth-order valence-corrected chi connectivity index (χ4v) is 1.33. The summed E-state index contributed by atoms with van der Waals surface area (Å²) in [5.74, 6) is -1.31. The van der Waals surface area contributed by atoms with Crippen LogP contribution in [0.5, 0.6) is 17.2 Å². The van der Waals surface area contributed by atoms with Crippen molar-refractivity contribution in [3.05, 3.63) is 29.6 Å². The van der Waals surface area contributed by atoms with Gasteiger partial charge in [-0.3, -0.25) is 0 Å². The summed E-state index contributed by atoms with van der Waals surface area (Å²) < 4.78 is 0.379. The summed E-state index contributed by atoms with van der Waals surface area (Å²) in [6.07, 6.45) is 1.17. The summed E-state index contributed by atoms with van der Waals surface area (Å²) in [6.45, 7) is 0. The largest absolute Gasteiger partial charge is 0.618 e. The van der Waals surface area contributed by atoms with E-state index in [0.717, 1.165) is 6.07 Å². The molecule has 2 rings (SSSR count). The van der Waals surface area contributed by atoms with Crippen LogP contribution in [0.15, 0.2) is 24.4 Å². The van der Waals surface area contributed by atoms with Gasteiger partial charge in [-0.1, -0.05) is 0 Å². The van der Waals surface area contributed by atoms with Gasteiger partial charge in [-0.05, 0) is 6.07 Å². The Balaban J connectivity index is 3.03. The smallest absolute Gasteiger partial charge is 0.273 e. The molecule has 1 aromatic heterocycles. The van der Waals surface area contributed by atoms with Gasteiger partial charge in [-0.2, -0.15) is 4.73 Å². The molecule has 0 saturated carbocycles. The first kappa shape index (κ1) is 8.43. The zero-order valence-electron chi connectivity index (χ0n) is 7.01. The van der Waals surface area contributed by atoms with Crippen molar-refractivity contribution >= 4 is 10.9 Å². The van der Waals surface area contributed by atoms with Crippen molar-refractivity contribution in [2.24, 2.45) is 0 Å². The van der Waals surface area contributed by atoms with Crippen molar-refractivity contribution in [2.75, 3.05) is 0 Å².